The molecule has 0 radical (unpaired) electrons. The van der Waals surface area contributed by atoms with Crippen molar-refractivity contribution in [1.82, 2.24) is 20.6 Å². The van der Waals surface area contributed by atoms with E-state index in [4.69, 9.17) is 4.98 Å². The number of amides is 2. The van der Waals surface area contributed by atoms with Crippen molar-refractivity contribution >= 4 is 38.6 Å². The molecule has 0 unspecified atom stereocenters. The van der Waals surface area contributed by atoms with Crippen LogP contribution >= 0.6 is 15.9 Å². The van der Waals surface area contributed by atoms with Crippen LogP contribution in [0, 0.1) is 0 Å². The normalized spacial score (nSPS) is 14.4. The Hall–Kier alpha value is -2.80. The molecule has 7 heteroatoms. The highest BCUT2D eigenvalue weighted by atomic mass is 79.9. The summed E-state index contributed by atoms with van der Waals surface area (Å²) in [6, 6.07) is 11.5. The minimum atomic E-state index is -0.216. The van der Waals surface area contributed by atoms with E-state index < -0.39 is 0 Å². The number of hydrogen-bond acceptors (Lipinski definition) is 4. The second kappa shape index (κ2) is 10.0. The first-order chi connectivity index (χ1) is 15.1. The van der Waals surface area contributed by atoms with Crippen molar-refractivity contribution in [3.8, 4) is 11.3 Å². The maximum Gasteiger partial charge on any atom is 0.252 e. The van der Waals surface area contributed by atoms with Gasteiger partial charge in [0.25, 0.3) is 5.91 Å². The van der Waals surface area contributed by atoms with Gasteiger partial charge in [-0.2, -0.15) is 0 Å². The van der Waals surface area contributed by atoms with Gasteiger partial charge in [0.1, 0.15) is 0 Å². The summed E-state index contributed by atoms with van der Waals surface area (Å²) in [5, 5.41) is 6.75. The molecule has 0 aliphatic heterocycles. The van der Waals surface area contributed by atoms with Gasteiger partial charge in [-0.3, -0.25) is 14.6 Å². The quantitative estimate of drug-likeness (QED) is 0.538. The zero-order chi connectivity index (χ0) is 21.6. The van der Waals surface area contributed by atoms with Gasteiger partial charge in [-0.15, -0.1) is 0 Å². The van der Waals surface area contributed by atoms with Crippen molar-refractivity contribution < 1.29 is 9.59 Å². The third kappa shape index (κ3) is 5.47. The van der Waals surface area contributed by atoms with Crippen molar-refractivity contribution in [2.45, 2.75) is 44.6 Å². The van der Waals surface area contributed by atoms with Crippen LogP contribution in [0.4, 0.5) is 0 Å². The van der Waals surface area contributed by atoms with Gasteiger partial charge in [0.2, 0.25) is 5.91 Å². The molecule has 2 heterocycles. The predicted octanol–water partition coefficient (Wildman–Crippen LogP) is 4.63. The Morgan fingerprint density at radius 1 is 1.03 bits per heavy atom. The summed E-state index contributed by atoms with van der Waals surface area (Å²) in [5.41, 5.74) is 2.86. The number of carbonyl (C=O) groups is 2. The Morgan fingerprint density at radius 3 is 2.58 bits per heavy atom. The molecule has 2 aromatic heterocycles. The molecule has 0 spiro atoms. The Labute approximate surface area is 190 Å². The van der Waals surface area contributed by atoms with Crippen molar-refractivity contribution in [2.24, 2.45) is 0 Å². The van der Waals surface area contributed by atoms with E-state index in [9.17, 15) is 9.59 Å². The summed E-state index contributed by atoms with van der Waals surface area (Å²) in [6.07, 6.45) is 9.37. The summed E-state index contributed by atoms with van der Waals surface area (Å²) in [5.74, 6) is -0.224. The number of halogens is 1. The largest absolute Gasteiger partial charge is 0.353 e. The molecule has 0 bridgehead atoms. The number of fused-ring (bicyclic) bond motifs is 1. The molecule has 1 aromatic carbocycles. The van der Waals surface area contributed by atoms with Gasteiger partial charge in [-0.05, 0) is 49.2 Å². The van der Waals surface area contributed by atoms with Gasteiger partial charge < -0.3 is 10.6 Å². The topological polar surface area (TPSA) is 84.0 Å². The Morgan fingerprint density at radius 2 is 1.81 bits per heavy atom. The van der Waals surface area contributed by atoms with E-state index in [1.165, 1.54) is 19.3 Å². The van der Waals surface area contributed by atoms with E-state index in [1.807, 2.05) is 30.3 Å². The molecule has 1 aliphatic carbocycles. The molecular weight excluding hydrogens is 456 g/mol. The number of hydrogen-bond donors (Lipinski definition) is 2. The highest BCUT2D eigenvalue weighted by Crippen LogP contribution is 2.27. The number of benzene rings is 1. The molecule has 2 N–H and O–H groups in total. The van der Waals surface area contributed by atoms with Gasteiger partial charge in [0, 0.05) is 46.8 Å². The van der Waals surface area contributed by atoms with Gasteiger partial charge >= 0.3 is 0 Å². The maximum absolute atomic E-state index is 13.0. The van der Waals surface area contributed by atoms with Gasteiger partial charge in [0.05, 0.1) is 16.8 Å². The minimum Gasteiger partial charge on any atom is -0.353 e. The Bertz CT molecular complexity index is 1080. The lowest BCUT2D eigenvalue weighted by molar-refractivity contribution is -0.121. The smallest absolute Gasteiger partial charge is 0.252 e. The maximum atomic E-state index is 13.0. The molecule has 31 heavy (non-hydrogen) atoms. The molecule has 0 saturated heterocycles. The van der Waals surface area contributed by atoms with Gasteiger partial charge in [-0.25, -0.2) is 4.98 Å². The fourth-order valence-electron chi connectivity index (χ4n) is 3.99. The fraction of sp³-hybridized carbons (Fsp3) is 0.333. The number of pyridine rings is 2. The van der Waals surface area contributed by atoms with Crippen molar-refractivity contribution in [3.05, 3.63) is 58.8 Å². The summed E-state index contributed by atoms with van der Waals surface area (Å²) in [6.45, 7) is 0.291. The summed E-state index contributed by atoms with van der Waals surface area (Å²) in [4.78, 5) is 34.0. The number of rotatable bonds is 6. The first-order valence-electron chi connectivity index (χ1n) is 10.7. The van der Waals surface area contributed by atoms with E-state index in [2.05, 4.69) is 31.5 Å². The molecule has 1 saturated carbocycles. The lowest BCUT2D eigenvalue weighted by atomic mass is 9.95. The highest BCUT2D eigenvalue weighted by Gasteiger charge is 2.17. The average Bonchev–Trinajstić information content (AvgIpc) is 2.79. The third-order valence-electron chi connectivity index (χ3n) is 5.60. The van der Waals surface area contributed by atoms with Crippen LogP contribution in [-0.4, -0.2) is 34.4 Å². The number of nitrogens with one attached hydrogen (secondary N) is 2. The van der Waals surface area contributed by atoms with Crippen LogP contribution in [0.2, 0.25) is 0 Å². The number of carbonyl (C=O) groups excluding carboxylic acids is 2. The SMILES string of the molecule is O=C(CCNC(=O)c1cc(-c2ccncc2)nc2ccc(Br)cc12)NC1CCCCC1. The molecule has 6 nitrogen and oxygen atoms in total. The first-order valence-corrected chi connectivity index (χ1v) is 11.5. The van der Waals surface area contributed by atoms with E-state index in [0.29, 0.717) is 17.8 Å². The highest BCUT2D eigenvalue weighted by molar-refractivity contribution is 9.10. The van der Waals surface area contributed by atoms with Crippen molar-refractivity contribution in [2.75, 3.05) is 6.54 Å². The van der Waals surface area contributed by atoms with Crippen molar-refractivity contribution in [3.63, 3.8) is 0 Å². The average molecular weight is 481 g/mol. The third-order valence-corrected chi connectivity index (χ3v) is 6.09. The van der Waals surface area contributed by atoms with E-state index in [1.54, 1.807) is 18.5 Å². The molecule has 160 valence electrons. The van der Waals surface area contributed by atoms with Crippen LogP contribution in [-0.2, 0) is 4.79 Å². The molecule has 4 rings (SSSR count). The number of aromatic nitrogens is 2. The zero-order valence-corrected chi connectivity index (χ0v) is 18.8. The second-order valence-corrected chi connectivity index (χ2v) is 8.78. The van der Waals surface area contributed by atoms with E-state index >= 15 is 0 Å². The second-order valence-electron chi connectivity index (χ2n) is 7.86. The van der Waals surface area contributed by atoms with Crippen LogP contribution in [0.15, 0.2) is 53.3 Å². The molecule has 1 fully saturated rings. The zero-order valence-electron chi connectivity index (χ0n) is 17.2. The standard InChI is InChI=1S/C24H25BrN4O2/c25-17-6-7-21-19(14-17)20(15-22(29-21)16-8-11-26-12-9-16)24(31)27-13-10-23(30)28-18-4-2-1-3-5-18/h6-9,11-12,14-15,18H,1-5,10,13H2,(H,27,31)(H,28,30). The van der Waals surface area contributed by atoms with Crippen LogP contribution in [0.5, 0.6) is 0 Å². The Kier molecular flexibility index (Phi) is 6.92. The molecule has 1 aliphatic rings. The Balaban J connectivity index is 1.48. The predicted molar refractivity (Wildman–Crippen MR) is 125 cm³/mol. The minimum absolute atomic E-state index is 0.00740. The van der Waals surface area contributed by atoms with Crippen LogP contribution < -0.4 is 10.6 Å². The fourth-order valence-corrected chi connectivity index (χ4v) is 4.35. The molecule has 0 atom stereocenters. The monoisotopic (exact) mass is 480 g/mol. The molecular formula is C24H25BrN4O2. The van der Waals surface area contributed by atoms with Crippen LogP contribution in [0.3, 0.4) is 0 Å². The van der Waals surface area contributed by atoms with Gasteiger partial charge in [-0.1, -0.05) is 35.2 Å². The summed E-state index contributed by atoms with van der Waals surface area (Å²) in [7, 11) is 0. The van der Waals surface area contributed by atoms with Crippen molar-refractivity contribution in [1.29, 1.82) is 0 Å². The van der Waals surface area contributed by atoms with Crippen LogP contribution in [0.25, 0.3) is 22.2 Å². The molecule has 2 amide bonds. The molecule has 3 aromatic rings. The lowest BCUT2D eigenvalue weighted by Crippen LogP contribution is -2.38. The lowest BCUT2D eigenvalue weighted by Gasteiger charge is -2.22. The van der Waals surface area contributed by atoms with Crippen LogP contribution in [0.1, 0.15) is 48.9 Å². The summed E-state index contributed by atoms with van der Waals surface area (Å²) < 4.78 is 0.874. The summed E-state index contributed by atoms with van der Waals surface area (Å²) >= 11 is 3.48. The number of nitrogens with zero attached hydrogens (tertiary/aromatic N) is 2. The van der Waals surface area contributed by atoms with Gasteiger partial charge in [0.15, 0.2) is 0 Å². The van der Waals surface area contributed by atoms with E-state index in [-0.39, 0.29) is 24.3 Å². The first kappa shape index (κ1) is 21.4. The van der Waals surface area contributed by atoms with E-state index in [0.717, 1.165) is 33.8 Å².